The fraction of sp³-hybridized carbons (Fsp3) is 0.312. The molecule has 0 bridgehead atoms. The van der Waals surface area contributed by atoms with Crippen LogP contribution in [0.25, 0.3) is 0 Å². The number of aromatic nitrogens is 1. The first kappa shape index (κ1) is 15.6. The van der Waals surface area contributed by atoms with E-state index in [1.165, 1.54) is 12.1 Å². The lowest BCUT2D eigenvalue weighted by Gasteiger charge is -2.13. The van der Waals surface area contributed by atoms with Gasteiger partial charge in [-0.15, -0.1) is 11.3 Å². The molecule has 1 heterocycles. The third-order valence-corrected chi connectivity index (χ3v) is 4.40. The first-order valence-electron chi connectivity index (χ1n) is 7.35. The zero-order valence-corrected chi connectivity index (χ0v) is 13.3. The summed E-state index contributed by atoms with van der Waals surface area (Å²) in [5, 5.41) is 7.48. The van der Waals surface area contributed by atoms with Crippen molar-refractivity contribution >= 4 is 23.2 Å². The predicted molar refractivity (Wildman–Crippen MR) is 84.9 cm³/mol. The van der Waals surface area contributed by atoms with Crippen LogP contribution < -0.4 is 10.6 Å². The minimum absolute atomic E-state index is 0.213. The molecular formula is C16H16FN3O2S. The summed E-state index contributed by atoms with van der Waals surface area (Å²) in [6.45, 7) is 1.80. The molecule has 120 valence electrons. The summed E-state index contributed by atoms with van der Waals surface area (Å²) in [7, 11) is 0. The number of hydrogen-bond acceptors (Lipinski definition) is 4. The van der Waals surface area contributed by atoms with E-state index in [0.29, 0.717) is 0 Å². The summed E-state index contributed by atoms with van der Waals surface area (Å²) in [5.41, 5.74) is 1.01. The highest BCUT2D eigenvalue weighted by molar-refractivity contribution is 7.11. The number of hydrogen-bond donors (Lipinski definition) is 2. The average Bonchev–Trinajstić information content (AvgIpc) is 3.19. The van der Waals surface area contributed by atoms with Gasteiger partial charge in [0.05, 0.1) is 6.04 Å². The fourth-order valence-electron chi connectivity index (χ4n) is 2.06. The standard InChI is InChI=1S/C16H16FN3O2S/c1-9(10-2-4-11(17)5-3-10)18-14(21)13-8-23-16(20-13)15(22)19-12-6-7-12/h2-5,8-9,12H,6-7H2,1H3,(H,18,21)(H,19,22)/t9-/m0/s1. The van der Waals surface area contributed by atoms with Crippen molar-refractivity contribution < 1.29 is 14.0 Å². The van der Waals surface area contributed by atoms with Crippen molar-refractivity contribution in [3.05, 3.63) is 51.7 Å². The molecule has 2 amide bonds. The molecule has 2 aromatic rings. The topological polar surface area (TPSA) is 71.1 Å². The highest BCUT2D eigenvalue weighted by atomic mass is 32.1. The molecule has 1 aromatic heterocycles. The molecule has 0 unspecified atom stereocenters. The summed E-state index contributed by atoms with van der Waals surface area (Å²) in [6.07, 6.45) is 2.00. The van der Waals surface area contributed by atoms with Crippen molar-refractivity contribution in [3.63, 3.8) is 0 Å². The summed E-state index contributed by atoms with van der Waals surface area (Å²) >= 11 is 1.15. The van der Waals surface area contributed by atoms with Gasteiger partial charge in [-0.2, -0.15) is 0 Å². The zero-order chi connectivity index (χ0) is 16.4. The zero-order valence-electron chi connectivity index (χ0n) is 12.5. The summed E-state index contributed by atoms with van der Waals surface area (Å²) < 4.78 is 12.9. The van der Waals surface area contributed by atoms with Gasteiger partial charge in [0.2, 0.25) is 0 Å². The van der Waals surface area contributed by atoms with E-state index in [2.05, 4.69) is 15.6 Å². The molecular weight excluding hydrogens is 317 g/mol. The van der Waals surface area contributed by atoms with E-state index in [1.807, 2.05) is 0 Å². The molecule has 2 N–H and O–H groups in total. The van der Waals surface area contributed by atoms with Gasteiger partial charge in [-0.1, -0.05) is 12.1 Å². The van der Waals surface area contributed by atoms with Crippen LogP contribution in [0.2, 0.25) is 0 Å². The SMILES string of the molecule is C[C@H](NC(=O)c1csc(C(=O)NC2CC2)n1)c1ccc(F)cc1. The highest BCUT2D eigenvalue weighted by Crippen LogP contribution is 2.20. The molecule has 0 saturated heterocycles. The number of carbonyl (C=O) groups is 2. The number of rotatable bonds is 5. The maximum atomic E-state index is 12.9. The van der Waals surface area contributed by atoms with Crippen LogP contribution in [0.1, 0.15) is 51.7 Å². The Hall–Kier alpha value is -2.28. The lowest BCUT2D eigenvalue weighted by molar-refractivity contribution is 0.0935. The van der Waals surface area contributed by atoms with Gasteiger partial charge in [0.15, 0.2) is 5.01 Å². The monoisotopic (exact) mass is 333 g/mol. The van der Waals surface area contributed by atoms with Crippen LogP contribution in [0.4, 0.5) is 4.39 Å². The summed E-state index contributed by atoms with van der Waals surface area (Å²) in [5.74, 6) is -0.912. The molecule has 1 aromatic carbocycles. The molecule has 0 spiro atoms. The smallest absolute Gasteiger partial charge is 0.280 e. The first-order valence-corrected chi connectivity index (χ1v) is 8.23. The Kier molecular flexibility index (Phi) is 4.38. The molecule has 0 aliphatic heterocycles. The molecule has 1 saturated carbocycles. The second-order valence-corrected chi connectivity index (χ2v) is 6.39. The number of nitrogens with one attached hydrogen (secondary N) is 2. The number of halogens is 1. The Balaban J connectivity index is 1.62. The molecule has 7 heteroatoms. The van der Waals surface area contributed by atoms with Crippen molar-refractivity contribution in [2.45, 2.75) is 31.8 Å². The van der Waals surface area contributed by atoms with Crippen LogP contribution in [0.15, 0.2) is 29.6 Å². The molecule has 1 fully saturated rings. The molecule has 3 rings (SSSR count). The lowest BCUT2D eigenvalue weighted by atomic mass is 10.1. The van der Waals surface area contributed by atoms with Gasteiger partial charge in [0, 0.05) is 11.4 Å². The first-order chi connectivity index (χ1) is 11.0. The summed E-state index contributed by atoms with van der Waals surface area (Å²) in [6, 6.07) is 5.91. The fourth-order valence-corrected chi connectivity index (χ4v) is 2.76. The Bertz CT molecular complexity index is 725. The van der Waals surface area contributed by atoms with Gasteiger partial charge >= 0.3 is 0 Å². The average molecular weight is 333 g/mol. The summed E-state index contributed by atoms with van der Waals surface area (Å²) in [4.78, 5) is 28.2. The number of amides is 2. The quantitative estimate of drug-likeness (QED) is 0.884. The molecule has 1 aliphatic carbocycles. The second kappa shape index (κ2) is 6.45. The largest absolute Gasteiger partial charge is 0.347 e. The molecule has 5 nitrogen and oxygen atoms in total. The van der Waals surface area contributed by atoms with Gasteiger partial charge in [0.1, 0.15) is 11.5 Å². The van der Waals surface area contributed by atoms with Gasteiger partial charge in [-0.25, -0.2) is 9.37 Å². The van der Waals surface area contributed by atoms with Crippen LogP contribution in [0, 0.1) is 5.82 Å². The number of thiazole rings is 1. The Morgan fingerprint density at radius 1 is 1.26 bits per heavy atom. The lowest BCUT2D eigenvalue weighted by Crippen LogP contribution is -2.28. The highest BCUT2D eigenvalue weighted by Gasteiger charge is 2.25. The molecule has 0 radical (unpaired) electrons. The van der Waals surface area contributed by atoms with Crippen LogP contribution in [-0.2, 0) is 0 Å². The van der Waals surface area contributed by atoms with Crippen molar-refractivity contribution in [3.8, 4) is 0 Å². The maximum Gasteiger partial charge on any atom is 0.280 e. The number of nitrogens with zero attached hydrogens (tertiary/aromatic N) is 1. The third kappa shape index (κ3) is 3.92. The molecule has 1 aliphatic rings. The van der Waals surface area contributed by atoms with Crippen LogP contribution in [0.3, 0.4) is 0 Å². The van der Waals surface area contributed by atoms with Gasteiger partial charge in [-0.3, -0.25) is 9.59 Å². The minimum atomic E-state index is -0.358. The van der Waals surface area contributed by atoms with E-state index >= 15 is 0 Å². The molecule has 1 atom stereocenters. The van der Waals surface area contributed by atoms with Gasteiger partial charge in [0.25, 0.3) is 11.8 Å². The van der Waals surface area contributed by atoms with E-state index in [9.17, 15) is 14.0 Å². The second-order valence-electron chi connectivity index (χ2n) is 5.53. The van der Waals surface area contributed by atoms with Gasteiger partial charge < -0.3 is 10.6 Å². The van der Waals surface area contributed by atoms with Crippen molar-refractivity contribution in [1.82, 2.24) is 15.6 Å². The predicted octanol–water partition coefficient (Wildman–Crippen LogP) is 2.67. The van der Waals surface area contributed by atoms with Gasteiger partial charge in [-0.05, 0) is 37.5 Å². The van der Waals surface area contributed by atoms with E-state index in [1.54, 1.807) is 24.4 Å². The Labute approximate surface area is 136 Å². The van der Waals surface area contributed by atoms with Crippen LogP contribution in [0.5, 0.6) is 0 Å². The molecule has 23 heavy (non-hydrogen) atoms. The number of carbonyl (C=O) groups excluding carboxylic acids is 2. The van der Waals surface area contributed by atoms with Crippen LogP contribution in [-0.4, -0.2) is 22.8 Å². The van der Waals surface area contributed by atoms with E-state index < -0.39 is 0 Å². The van der Waals surface area contributed by atoms with Crippen molar-refractivity contribution in [2.24, 2.45) is 0 Å². The number of benzene rings is 1. The van der Waals surface area contributed by atoms with Crippen molar-refractivity contribution in [1.29, 1.82) is 0 Å². The Morgan fingerprint density at radius 3 is 2.61 bits per heavy atom. The van der Waals surface area contributed by atoms with E-state index in [0.717, 1.165) is 29.7 Å². The van der Waals surface area contributed by atoms with E-state index in [4.69, 9.17) is 0 Å². The maximum absolute atomic E-state index is 12.9. The Morgan fingerprint density at radius 2 is 1.96 bits per heavy atom. The normalized spacial score (nSPS) is 15.0. The van der Waals surface area contributed by atoms with Crippen LogP contribution >= 0.6 is 11.3 Å². The third-order valence-electron chi connectivity index (χ3n) is 3.56. The van der Waals surface area contributed by atoms with E-state index in [-0.39, 0.29) is 40.4 Å². The minimum Gasteiger partial charge on any atom is -0.347 e. The van der Waals surface area contributed by atoms with Crippen molar-refractivity contribution in [2.75, 3.05) is 0 Å².